The van der Waals surface area contributed by atoms with Crippen LogP contribution in [-0.4, -0.2) is 21.2 Å². The Balaban J connectivity index is 2.50. The molecule has 52 valence electrons. The van der Waals surface area contributed by atoms with E-state index in [1.165, 1.54) is 0 Å². The molecular weight excluding hydrogens is 146 g/mol. The molecule has 10 heavy (non-hydrogen) atoms. The van der Waals surface area contributed by atoms with Gasteiger partial charge in [-0.1, -0.05) is 0 Å². The van der Waals surface area contributed by atoms with Crippen LogP contribution >= 0.6 is 12.2 Å². The molecule has 0 saturated heterocycles. The molecule has 1 N–H and O–H groups in total. The number of imidazole rings is 1. The Bertz CT molecular complexity index is 266. The molecule has 0 saturated carbocycles. The molecule has 0 aromatic carbocycles. The maximum atomic E-state index is 5.03. The number of thiocarbonyl (C=S) groups is 1. The molecule has 0 fully saturated rings. The van der Waals surface area contributed by atoms with Gasteiger partial charge in [-0.05, 0) is 12.2 Å². The lowest BCUT2D eigenvalue weighted by molar-refractivity contribution is 0.741. The van der Waals surface area contributed by atoms with Crippen LogP contribution in [0, 0.1) is 0 Å². The second-order valence-corrected chi connectivity index (χ2v) is 2.58. The molecule has 1 aliphatic heterocycles. The SMILES string of the molecule is S=C1NCCc2nccn21. The van der Waals surface area contributed by atoms with Crippen LogP contribution in [-0.2, 0) is 6.42 Å². The molecule has 0 bridgehead atoms. The number of nitrogens with one attached hydrogen (secondary N) is 1. The normalized spacial score (nSPS) is 16.2. The summed E-state index contributed by atoms with van der Waals surface area (Å²) in [5.74, 6) is 1.06. The van der Waals surface area contributed by atoms with E-state index in [0.29, 0.717) is 0 Å². The first-order chi connectivity index (χ1) is 4.88. The molecule has 0 spiro atoms. The summed E-state index contributed by atoms with van der Waals surface area (Å²) in [6, 6.07) is 0. The predicted octanol–water partition coefficient (Wildman–Crippen LogP) is 0.162. The molecule has 1 aromatic heterocycles. The smallest absolute Gasteiger partial charge is 0.178 e. The van der Waals surface area contributed by atoms with Gasteiger partial charge in [0.2, 0.25) is 0 Å². The number of fused-ring (bicyclic) bond motifs is 1. The average Bonchev–Trinajstić information content (AvgIpc) is 2.36. The van der Waals surface area contributed by atoms with E-state index < -0.39 is 0 Å². The maximum Gasteiger partial charge on any atom is 0.178 e. The molecule has 1 aliphatic rings. The predicted molar refractivity (Wildman–Crippen MR) is 41.9 cm³/mol. The Hall–Kier alpha value is -0.900. The van der Waals surface area contributed by atoms with Crippen LogP contribution in [0.3, 0.4) is 0 Å². The first-order valence-corrected chi connectivity index (χ1v) is 3.59. The Morgan fingerprint density at radius 1 is 1.70 bits per heavy atom. The van der Waals surface area contributed by atoms with Crippen LogP contribution in [0.2, 0.25) is 0 Å². The third-order valence-electron chi connectivity index (χ3n) is 1.56. The van der Waals surface area contributed by atoms with Crippen molar-refractivity contribution in [3.8, 4) is 0 Å². The topological polar surface area (TPSA) is 29.9 Å². The number of hydrogen-bond acceptors (Lipinski definition) is 2. The van der Waals surface area contributed by atoms with Gasteiger partial charge in [0, 0.05) is 25.4 Å². The molecular formula is C6H7N3S. The van der Waals surface area contributed by atoms with E-state index in [2.05, 4.69) is 10.3 Å². The summed E-state index contributed by atoms with van der Waals surface area (Å²) >= 11 is 5.03. The van der Waals surface area contributed by atoms with Gasteiger partial charge in [0.05, 0.1) is 0 Å². The van der Waals surface area contributed by atoms with Gasteiger partial charge >= 0.3 is 0 Å². The van der Waals surface area contributed by atoms with E-state index in [0.717, 1.165) is 23.9 Å². The van der Waals surface area contributed by atoms with Crippen LogP contribution in [0.25, 0.3) is 0 Å². The molecule has 2 rings (SSSR count). The molecule has 3 nitrogen and oxygen atoms in total. The molecule has 0 radical (unpaired) electrons. The van der Waals surface area contributed by atoms with Gasteiger partial charge in [0.15, 0.2) is 5.11 Å². The lowest BCUT2D eigenvalue weighted by atomic mass is 10.3. The van der Waals surface area contributed by atoms with E-state index >= 15 is 0 Å². The average molecular weight is 153 g/mol. The van der Waals surface area contributed by atoms with Crippen molar-refractivity contribution in [1.82, 2.24) is 14.9 Å². The molecule has 0 atom stereocenters. The molecule has 0 amide bonds. The highest BCUT2D eigenvalue weighted by Gasteiger charge is 2.11. The number of nitrogens with zero attached hydrogens (tertiary/aromatic N) is 2. The van der Waals surface area contributed by atoms with Crippen molar-refractivity contribution >= 4 is 17.3 Å². The Morgan fingerprint density at radius 3 is 3.40 bits per heavy atom. The summed E-state index contributed by atoms with van der Waals surface area (Å²) in [6.07, 6.45) is 4.62. The van der Waals surface area contributed by atoms with Crippen molar-refractivity contribution in [2.45, 2.75) is 6.42 Å². The fraction of sp³-hybridized carbons (Fsp3) is 0.333. The van der Waals surface area contributed by atoms with Crippen LogP contribution < -0.4 is 5.32 Å². The van der Waals surface area contributed by atoms with Gasteiger partial charge in [-0.3, -0.25) is 4.57 Å². The summed E-state index contributed by atoms with van der Waals surface area (Å²) in [7, 11) is 0. The van der Waals surface area contributed by atoms with Crippen LogP contribution in [0.1, 0.15) is 5.82 Å². The minimum atomic E-state index is 0.763. The Kier molecular flexibility index (Phi) is 1.20. The zero-order valence-corrected chi connectivity index (χ0v) is 6.19. The van der Waals surface area contributed by atoms with Gasteiger partial charge in [0.25, 0.3) is 0 Å². The molecule has 0 unspecified atom stereocenters. The van der Waals surface area contributed by atoms with Crippen molar-refractivity contribution < 1.29 is 0 Å². The standard InChI is InChI=1S/C6H7N3S/c10-6-8-2-1-5-7-3-4-9(5)6/h3-4H,1-2H2,(H,8,10). The van der Waals surface area contributed by atoms with Crippen molar-refractivity contribution in [2.75, 3.05) is 6.54 Å². The molecule has 4 heteroatoms. The lowest BCUT2D eigenvalue weighted by Crippen LogP contribution is -2.36. The minimum absolute atomic E-state index is 0.763. The van der Waals surface area contributed by atoms with Crippen LogP contribution in [0.15, 0.2) is 12.4 Å². The highest BCUT2D eigenvalue weighted by Crippen LogP contribution is 2.01. The summed E-state index contributed by atoms with van der Waals surface area (Å²) < 4.78 is 1.90. The third kappa shape index (κ3) is 0.724. The number of rotatable bonds is 0. The molecule has 2 heterocycles. The van der Waals surface area contributed by atoms with Gasteiger partial charge in [0.1, 0.15) is 5.82 Å². The van der Waals surface area contributed by atoms with Crippen molar-refractivity contribution in [3.05, 3.63) is 18.2 Å². The van der Waals surface area contributed by atoms with Crippen molar-refractivity contribution in [2.24, 2.45) is 0 Å². The summed E-state index contributed by atoms with van der Waals surface area (Å²) in [5.41, 5.74) is 0. The van der Waals surface area contributed by atoms with Gasteiger partial charge in [-0.15, -0.1) is 0 Å². The van der Waals surface area contributed by atoms with E-state index in [-0.39, 0.29) is 0 Å². The Morgan fingerprint density at radius 2 is 2.60 bits per heavy atom. The van der Waals surface area contributed by atoms with Crippen LogP contribution in [0.5, 0.6) is 0 Å². The monoisotopic (exact) mass is 153 g/mol. The summed E-state index contributed by atoms with van der Waals surface area (Å²) in [4.78, 5) is 4.14. The lowest BCUT2D eigenvalue weighted by Gasteiger charge is -2.15. The fourth-order valence-corrected chi connectivity index (χ4v) is 1.34. The van der Waals surface area contributed by atoms with Gasteiger partial charge in [-0.2, -0.15) is 0 Å². The highest BCUT2D eigenvalue weighted by molar-refractivity contribution is 7.80. The van der Waals surface area contributed by atoms with Crippen LogP contribution in [0.4, 0.5) is 0 Å². The second kappa shape index (κ2) is 2.05. The van der Waals surface area contributed by atoms with E-state index in [9.17, 15) is 0 Å². The van der Waals surface area contributed by atoms with Gasteiger partial charge < -0.3 is 5.32 Å². The van der Waals surface area contributed by atoms with Gasteiger partial charge in [-0.25, -0.2) is 4.98 Å². The van der Waals surface area contributed by atoms with E-state index in [4.69, 9.17) is 12.2 Å². The number of aromatic nitrogens is 2. The first-order valence-electron chi connectivity index (χ1n) is 3.18. The first kappa shape index (κ1) is 5.85. The summed E-state index contributed by atoms with van der Waals surface area (Å²) in [5, 5.41) is 3.84. The quantitative estimate of drug-likeness (QED) is 0.538. The van der Waals surface area contributed by atoms with E-state index in [1.54, 1.807) is 6.20 Å². The zero-order valence-electron chi connectivity index (χ0n) is 5.37. The van der Waals surface area contributed by atoms with Crippen molar-refractivity contribution in [1.29, 1.82) is 0 Å². The third-order valence-corrected chi connectivity index (χ3v) is 1.90. The zero-order chi connectivity index (χ0) is 6.97. The van der Waals surface area contributed by atoms with Crippen molar-refractivity contribution in [3.63, 3.8) is 0 Å². The highest BCUT2D eigenvalue weighted by atomic mass is 32.1. The minimum Gasteiger partial charge on any atom is -0.362 e. The largest absolute Gasteiger partial charge is 0.362 e. The number of hydrogen-bond donors (Lipinski definition) is 1. The molecule has 0 aliphatic carbocycles. The maximum absolute atomic E-state index is 5.03. The van der Waals surface area contributed by atoms with E-state index in [1.807, 2.05) is 10.8 Å². The molecule has 1 aromatic rings. The fourth-order valence-electron chi connectivity index (χ4n) is 1.07. The Labute approximate surface area is 64.1 Å². The summed E-state index contributed by atoms with van der Waals surface area (Å²) in [6.45, 7) is 0.913. The second-order valence-electron chi connectivity index (χ2n) is 2.20.